The Hall–Kier alpha value is -2.56. The number of pyridine rings is 1. The lowest BCUT2D eigenvalue weighted by Crippen LogP contribution is -2.06. The van der Waals surface area contributed by atoms with E-state index in [1.807, 2.05) is 44.3 Å². The lowest BCUT2D eigenvalue weighted by molar-refractivity contribution is 0.327. The summed E-state index contributed by atoms with van der Waals surface area (Å²) in [5.41, 5.74) is 3.10. The molecule has 0 unspecified atom stereocenters. The molecule has 108 valence electrons. The molecule has 0 atom stereocenters. The molecule has 3 rings (SSSR count). The monoisotopic (exact) mass is 282 g/mol. The second-order valence-corrected chi connectivity index (χ2v) is 4.75. The summed E-state index contributed by atoms with van der Waals surface area (Å²) in [6, 6.07) is 11.9. The summed E-state index contributed by atoms with van der Waals surface area (Å²) in [6.45, 7) is 3.22. The first-order chi connectivity index (χ1) is 10.3. The Morgan fingerprint density at radius 1 is 1.19 bits per heavy atom. The minimum Gasteiger partial charge on any atom is -0.478 e. The standard InChI is InChI=1S/C16H18N4O/c1-3-21-16-9-8-12(10-18-16)17-11-15-19-13-6-4-5-7-14(13)20(15)2/h4-10,17H,3,11H2,1-2H3. The van der Waals surface area contributed by atoms with E-state index in [9.17, 15) is 0 Å². The van der Waals surface area contributed by atoms with Crippen LogP contribution in [-0.2, 0) is 13.6 Å². The van der Waals surface area contributed by atoms with Gasteiger partial charge in [-0.25, -0.2) is 9.97 Å². The number of fused-ring (bicyclic) bond motifs is 1. The molecule has 0 fully saturated rings. The van der Waals surface area contributed by atoms with Gasteiger partial charge in [-0.1, -0.05) is 12.1 Å². The van der Waals surface area contributed by atoms with Gasteiger partial charge in [-0.05, 0) is 25.1 Å². The highest BCUT2D eigenvalue weighted by molar-refractivity contribution is 5.75. The van der Waals surface area contributed by atoms with Crippen LogP contribution < -0.4 is 10.1 Å². The second-order valence-electron chi connectivity index (χ2n) is 4.75. The van der Waals surface area contributed by atoms with Crippen molar-refractivity contribution >= 4 is 16.7 Å². The average Bonchev–Trinajstić information content (AvgIpc) is 2.84. The summed E-state index contributed by atoms with van der Waals surface area (Å²) in [7, 11) is 2.03. The fraction of sp³-hybridized carbons (Fsp3) is 0.250. The summed E-state index contributed by atoms with van der Waals surface area (Å²) >= 11 is 0. The molecule has 0 saturated heterocycles. The molecule has 2 aromatic heterocycles. The normalized spacial score (nSPS) is 10.8. The number of nitrogens with zero attached hydrogens (tertiary/aromatic N) is 3. The fourth-order valence-electron chi connectivity index (χ4n) is 2.25. The number of anilines is 1. The number of hydrogen-bond acceptors (Lipinski definition) is 4. The van der Waals surface area contributed by atoms with Crippen LogP contribution in [0.2, 0.25) is 0 Å². The van der Waals surface area contributed by atoms with E-state index in [1.54, 1.807) is 6.20 Å². The molecular weight excluding hydrogens is 264 g/mol. The predicted octanol–water partition coefficient (Wildman–Crippen LogP) is 2.98. The summed E-state index contributed by atoms with van der Waals surface area (Å²) in [5.74, 6) is 1.64. The van der Waals surface area contributed by atoms with Crippen LogP contribution in [0.5, 0.6) is 5.88 Å². The van der Waals surface area contributed by atoms with E-state index in [-0.39, 0.29) is 0 Å². The van der Waals surface area contributed by atoms with Crippen molar-refractivity contribution in [1.82, 2.24) is 14.5 Å². The SMILES string of the molecule is CCOc1ccc(NCc2nc3ccccc3n2C)cn1. The Bertz CT molecular complexity index is 734. The second kappa shape index (κ2) is 5.83. The number of ether oxygens (including phenoxy) is 1. The van der Waals surface area contributed by atoms with Crippen molar-refractivity contribution in [2.45, 2.75) is 13.5 Å². The number of hydrogen-bond donors (Lipinski definition) is 1. The molecule has 0 aliphatic carbocycles. The highest BCUT2D eigenvalue weighted by atomic mass is 16.5. The number of aromatic nitrogens is 3. The van der Waals surface area contributed by atoms with Crippen molar-refractivity contribution in [2.75, 3.05) is 11.9 Å². The molecule has 0 bridgehead atoms. The summed E-state index contributed by atoms with van der Waals surface area (Å²) < 4.78 is 7.43. The van der Waals surface area contributed by atoms with E-state index in [0.717, 1.165) is 22.5 Å². The van der Waals surface area contributed by atoms with Crippen LogP contribution in [0, 0.1) is 0 Å². The average molecular weight is 282 g/mol. The third-order valence-corrected chi connectivity index (χ3v) is 3.36. The highest BCUT2D eigenvalue weighted by Crippen LogP contribution is 2.16. The summed E-state index contributed by atoms with van der Waals surface area (Å²) in [5, 5.41) is 3.33. The van der Waals surface area contributed by atoms with Crippen molar-refractivity contribution in [3.8, 4) is 5.88 Å². The maximum atomic E-state index is 5.33. The van der Waals surface area contributed by atoms with E-state index >= 15 is 0 Å². The molecule has 1 aromatic carbocycles. The van der Waals surface area contributed by atoms with Crippen molar-refractivity contribution in [3.05, 3.63) is 48.4 Å². The van der Waals surface area contributed by atoms with Crippen LogP contribution in [-0.4, -0.2) is 21.1 Å². The number of benzene rings is 1. The van der Waals surface area contributed by atoms with Crippen LogP contribution in [0.25, 0.3) is 11.0 Å². The van der Waals surface area contributed by atoms with Gasteiger partial charge in [0.1, 0.15) is 5.82 Å². The number of rotatable bonds is 5. The molecule has 21 heavy (non-hydrogen) atoms. The number of nitrogens with one attached hydrogen (secondary N) is 1. The van der Waals surface area contributed by atoms with Gasteiger partial charge in [-0.3, -0.25) is 0 Å². The predicted molar refractivity (Wildman–Crippen MR) is 83.4 cm³/mol. The Morgan fingerprint density at radius 2 is 2.05 bits per heavy atom. The largest absolute Gasteiger partial charge is 0.478 e. The Balaban J connectivity index is 1.72. The molecule has 5 heteroatoms. The first-order valence-corrected chi connectivity index (χ1v) is 7.01. The van der Waals surface area contributed by atoms with Crippen LogP contribution in [0.1, 0.15) is 12.7 Å². The van der Waals surface area contributed by atoms with Gasteiger partial charge in [0.05, 0.1) is 36.1 Å². The highest BCUT2D eigenvalue weighted by Gasteiger charge is 2.06. The van der Waals surface area contributed by atoms with Crippen LogP contribution in [0.15, 0.2) is 42.6 Å². The van der Waals surface area contributed by atoms with E-state index < -0.39 is 0 Å². The summed E-state index contributed by atoms with van der Waals surface area (Å²) in [4.78, 5) is 8.86. The third kappa shape index (κ3) is 2.81. The van der Waals surface area contributed by atoms with Gasteiger partial charge in [0.15, 0.2) is 0 Å². The quantitative estimate of drug-likeness (QED) is 0.781. The minimum absolute atomic E-state index is 0.625. The Kier molecular flexibility index (Phi) is 3.73. The first-order valence-electron chi connectivity index (χ1n) is 7.01. The zero-order valence-corrected chi connectivity index (χ0v) is 12.2. The third-order valence-electron chi connectivity index (χ3n) is 3.36. The van der Waals surface area contributed by atoms with E-state index in [2.05, 4.69) is 25.9 Å². The lowest BCUT2D eigenvalue weighted by atomic mass is 10.3. The van der Waals surface area contributed by atoms with Crippen LogP contribution in [0.3, 0.4) is 0 Å². The van der Waals surface area contributed by atoms with Crippen molar-refractivity contribution in [2.24, 2.45) is 7.05 Å². The van der Waals surface area contributed by atoms with Gasteiger partial charge in [0.25, 0.3) is 0 Å². The van der Waals surface area contributed by atoms with Crippen LogP contribution in [0.4, 0.5) is 5.69 Å². The lowest BCUT2D eigenvalue weighted by Gasteiger charge is -2.07. The van der Waals surface area contributed by atoms with Crippen molar-refractivity contribution < 1.29 is 4.74 Å². The summed E-state index contributed by atoms with van der Waals surface area (Å²) in [6.07, 6.45) is 1.77. The molecule has 2 heterocycles. The van der Waals surface area contributed by atoms with Gasteiger partial charge < -0.3 is 14.6 Å². The molecular formula is C16H18N4O. The topological polar surface area (TPSA) is 52.0 Å². The molecule has 3 aromatic rings. The zero-order chi connectivity index (χ0) is 14.7. The van der Waals surface area contributed by atoms with Crippen LogP contribution >= 0.6 is 0 Å². The molecule has 0 saturated carbocycles. The van der Waals surface area contributed by atoms with Crippen molar-refractivity contribution in [1.29, 1.82) is 0 Å². The maximum absolute atomic E-state index is 5.33. The maximum Gasteiger partial charge on any atom is 0.213 e. The smallest absolute Gasteiger partial charge is 0.213 e. The fourth-order valence-corrected chi connectivity index (χ4v) is 2.25. The van der Waals surface area contributed by atoms with Gasteiger partial charge in [-0.15, -0.1) is 0 Å². The van der Waals surface area contributed by atoms with Crippen molar-refractivity contribution in [3.63, 3.8) is 0 Å². The Morgan fingerprint density at radius 3 is 2.76 bits per heavy atom. The molecule has 0 amide bonds. The number of aryl methyl sites for hydroxylation is 1. The molecule has 0 radical (unpaired) electrons. The molecule has 0 aliphatic heterocycles. The van der Waals surface area contributed by atoms with E-state index in [0.29, 0.717) is 19.0 Å². The van der Waals surface area contributed by atoms with E-state index in [1.165, 1.54) is 0 Å². The van der Waals surface area contributed by atoms with Gasteiger partial charge in [-0.2, -0.15) is 0 Å². The van der Waals surface area contributed by atoms with Gasteiger partial charge in [0.2, 0.25) is 5.88 Å². The molecule has 0 aliphatic rings. The number of para-hydroxylation sites is 2. The zero-order valence-electron chi connectivity index (χ0n) is 12.2. The van der Waals surface area contributed by atoms with E-state index in [4.69, 9.17) is 4.74 Å². The van der Waals surface area contributed by atoms with Gasteiger partial charge >= 0.3 is 0 Å². The molecule has 1 N–H and O–H groups in total. The van der Waals surface area contributed by atoms with Gasteiger partial charge in [0, 0.05) is 13.1 Å². The Labute approximate surface area is 123 Å². The molecule has 5 nitrogen and oxygen atoms in total. The number of imidazole rings is 1. The molecule has 0 spiro atoms. The minimum atomic E-state index is 0.625. The first kappa shape index (κ1) is 13.4.